The third-order valence-electron chi connectivity index (χ3n) is 4.49. The van der Waals surface area contributed by atoms with Crippen LogP contribution in [0, 0.1) is 0 Å². The Morgan fingerprint density at radius 2 is 1.48 bits per heavy atom. The molecular formula is C16H20F5N3O. The highest BCUT2D eigenvalue weighted by atomic mass is 19.4. The molecule has 0 bridgehead atoms. The van der Waals surface area contributed by atoms with Crippen molar-refractivity contribution in [1.82, 2.24) is 10.2 Å². The molecule has 4 nitrogen and oxygen atoms in total. The van der Waals surface area contributed by atoms with Crippen LogP contribution in [0.5, 0.6) is 0 Å². The van der Waals surface area contributed by atoms with Crippen molar-refractivity contribution >= 4 is 11.7 Å². The van der Waals surface area contributed by atoms with Crippen molar-refractivity contribution in [3.8, 4) is 0 Å². The Kier molecular flexibility index (Phi) is 5.15. The van der Waals surface area contributed by atoms with Gasteiger partial charge in [0.2, 0.25) is 0 Å². The predicted octanol–water partition coefficient (Wildman–Crippen LogP) is 3.49. The number of alkyl halides is 5. The minimum Gasteiger partial charge on any atom is -0.368 e. The van der Waals surface area contributed by atoms with E-state index in [1.165, 1.54) is 5.32 Å². The molecule has 0 radical (unpaired) electrons. The van der Waals surface area contributed by atoms with Crippen LogP contribution in [-0.2, 0) is 0 Å². The summed E-state index contributed by atoms with van der Waals surface area (Å²) in [6, 6.07) is 8.19. The first-order valence-electron chi connectivity index (χ1n) is 7.77. The van der Waals surface area contributed by atoms with Crippen LogP contribution >= 0.6 is 0 Å². The molecule has 1 aliphatic rings. The lowest BCUT2D eigenvalue weighted by molar-refractivity contribution is -0.250. The van der Waals surface area contributed by atoms with E-state index in [4.69, 9.17) is 0 Å². The zero-order chi connectivity index (χ0) is 18.9. The average molecular weight is 365 g/mol. The molecule has 9 heteroatoms. The SMILES string of the molecule is CC(F)(F)C(C)(NC(=O)N1CCN(c2ccccc2)CC1)C(F)(F)F. The van der Waals surface area contributed by atoms with Crippen LogP contribution in [0.3, 0.4) is 0 Å². The molecule has 140 valence electrons. The molecule has 1 N–H and O–H groups in total. The number of carbonyl (C=O) groups is 1. The van der Waals surface area contributed by atoms with Gasteiger partial charge in [-0.1, -0.05) is 18.2 Å². The van der Waals surface area contributed by atoms with Crippen LogP contribution in [0.25, 0.3) is 0 Å². The first-order chi connectivity index (χ1) is 11.5. The fraction of sp³-hybridized carbons (Fsp3) is 0.562. The number of hydrogen-bond donors (Lipinski definition) is 1. The number of hydrogen-bond acceptors (Lipinski definition) is 2. The van der Waals surface area contributed by atoms with E-state index >= 15 is 0 Å². The molecule has 1 saturated heterocycles. The van der Waals surface area contributed by atoms with E-state index < -0.39 is 23.7 Å². The average Bonchev–Trinajstić information content (AvgIpc) is 2.53. The molecule has 1 atom stereocenters. The lowest BCUT2D eigenvalue weighted by Gasteiger charge is -2.41. The molecule has 2 rings (SSSR count). The van der Waals surface area contributed by atoms with Gasteiger partial charge in [0.05, 0.1) is 0 Å². The van der Waals surface area contributed by atoms with Gasteiger partial charge in [-0.05, 0) is 19.1 Å². The fourth-order valence-corrected chi connectivity index (χ4v) is 2.53. The molecule has 0 saturated carbocycles. The number of para-hydroxylation sites is 1. The van der Waals surface area contributed by atoms with Gasteiger partial charge in [-0.2, -0.15) is 13.2 Å². The zero-order valence-corrected chi connectivity index (χ0v) is 13.9. The van der Waals surface area contributed by atoms with Crippen molar-refractivity contribution in [2.24, 2.45) is 0 Å². The van der Waals surface area contributed by atoms with Gasteiger partial charge in [0, 0.05) is 38.8 Å². The van der Waals surface area contributed by atoms with Gasteiger partial charge >= 0.3 is 12.2 Å². The van der Waals surface area contributed by atoms with Crippen molar-refractivity contribution < 1.29 is 26.7 Å². The summed E-state index contributed by atoms with van der Waals surface area (Å²) in [5, 5.41) is 1.49. The molecule has 1 heterocycles. The van der Waals surface area contributed by atoms with E-state index in [-0.39, 0.29) is 20.0 Å². The predicted molar refractivity (Wildman–Crippen MR) is 83.8 cm³/mol. The minimum atomic E-state index is -5.28. The number of nitrogens with zero attached hydrogens (tertiary/aromatic N) is 2. The highest BCUT2D eigenvalue weighted by Crippen LogP contribution is 2.41. The molecule has 25 heavy (non-hydrogen) atoms. The van der Waals surface area contributed by atoms with Gasteiger partial charge < -0.3 is 15.1 Å². The lowest BCUT2D eigenvalue weighted by atomic mass is 9.94. The number of halogens is 5. The van der Waals surface area contributed by atoms with Gasteiger partial charge in [0.25, 0.3) is 5.92 Å². The topological polar surface area (TPSA) is 35.6 Å². The van der Waals surface area contributed by atoms with Crippen molar-refractivity contribution in [2.75, 3.05) is 31.1 Å². The number of carbonyl (C=O) groups excluding carboxylic acids is 1. The van der Waals surface area contributed by atoms with Gasteiger partial charge in [-0.15, -0.1) is 0 Å². The van der Waals surface area contributed by atoms with Crippen LogP contribution in [0.15, 0.2) is 30.3 Å². The summed E-state index contributed by atoms with van der Waals surface area (Å²) in [6.07, 6.45) is -5.28. The Bertz CT molecular complexity index is 578. The Morgan fingerprint density at radius 3 is 1.92 bits per heavy atom. The second kappa shape index (κ2) is 6.68. The number of nitrogens with one attached hydrogen (secondary N) is 1. The van der Waals surface area contributed by atoms with Crippen LogP contribution in [0.1, 0.15) is 13.8 Å². The van der Waals surface area contributed by atoms with Crippen LogP contribution in [0.2, 0.25) is 0 Å². The van der Waals surface area contributed by atoms with Crippen molar-refractivity contribution in [3.63, 3.8) is 0 Å². The number of urea groups is 1. The Balaban J connectivity index is 2.02. The van der Waals surface area contributed by atoms with Crippen LogP contribution in [-0.4, -0.2) is 54.7 Å². The summed E-state index contributed by atoms with van der Waals surface area (Å²) in [4.78, 5) is 15.2. The monoisotopic (exact) mass is 365 g/mol. The summed E-state index contributed by atoms with van der Waals surface area (Å²) < 4.78 is 66.3. The molecule has 1 aromatic rings. The van der Waals surface area contributed by atoms with Gasteiger partial charge in [-0.3, -0.25) is 0 Å². The van der Waals surface area contributed by atoms with Crippen molar-refractivity contribution in [1.29, 1.82) is 0 Å². The maximum atomic E-state index is 13.5. The summed E-state index contributed by atoms with van der Waals surface area (Å²) in [7, 11) is 0. The van der Waals surface area contributed by atoms with Crippen molar-refractivity contribution in [2.45, 2.75) is 31.5 Å². The quantitative estimate of drug-likeness (QED) is 0.833. The largest absolute Gasteiger partial charge is 0.417 e. The highest BCUT2D eigenvalue weighted by Gasteiger charge is 2.65. The van der Waals surface area contributed by atoms with Crippen LogP contribution in [0.4, 0.5) is 32.4 Å². The second-order valence-electron chi connectivity index (χ2n) is 6.25. The summed E-state index contributed by atoms with van der Waals surface area (Å²) >= 11 is 0. The molecule has 2 amide bonds. The third kappa shape index (κ3) is 3.96. The summed E-state index contributed by atoms with van der Waals surface area (Å²) in [6.45, 7) is 1.54. The fourth-order valence-electron chi connectivity index (χ4n) is 2.53. The van der Waals surface area contributed by atoms with Gasteiger partial charge in [0.1, 0.15) is 0 Å². The highest BCUT2D eigenvalue weighted by molar-refractivity contribution is 5.75. The van der Waals surface area contributed by atoms with Gasteiger partial charge in [0.15, 0.2) is 5.54 Å². The molecular weight excluding hydrogens is 345 g/mol. The first-order valence-corrected chi connectivity index (χ1v) is 7.77. The van der Waals surface area contributed by atoms with Crippen LogP contribution < -0.4 is 10.2 Å². The van der Waals surface area contributed by atoms with E-state index in [0.29, 0.717) is 20.0 Å². The Hall–Kier alpha value is -2.06. The first kappa shape index (κ1) is 19.3. The maximum Gasteiger partial charge on any atom is 0.417 e. The molecule has 1 fully saturated rings. The summed E-state index contributed by atoms with van der Waals surface area (Å²) in [5.74, 6) is -4.16. The number of anilines is 1. The molecule has 1 unspecified atom stereocenters. The van der Waals surface area contributed by atoms with E-state index in [1.54, 1.807) is 0 Å². The maximum absolute atomic E-state index is 13.5. The zero-order valence-electron chi connectivity index (χ0n) is 13.9. The molecule has 1 aromatic carbocycles. The van der Waals surface area contributed by atoms with E-state index in [1.807, 2.05) is 35.2 Å². The number of benzene rings is 1. The molecule has 0 aliphatic carbocycles. The third-order valence-corrected chi connectivity index (χ3v) is 4.49. The lowest BCUT2D eigenvalue weighted by Crippen LogP contribution is -2.68. The number of rotatable bonds is 3. The summed E-state index contributed by atoms with van der Waals surface area (Å²) in [5.41, 5.74) is -2.70. The van der Waals surface area contributed by atoms with Gasteiger partial charge in [-0.25, -0.2) is 13.6 Å². The van der Waals surface area contributed by atoms with E-state index in [0.717, 1.165) is 10.6 Å². The standard InChI is InChI=1S/C16H20F5N3O/c1-14(15(2,17)18,16(19,20)21)22-13(25)24-10-8-23(9-11-24)12-6-4-3-5-7-12/h3-7H,8-11H2,1-2H3,(H,22,25). The smallest absolute Gasteiger partial charge is 0.368 e. The normalized spacial score (nSPS) is 18.7. The number of amides is 2. The van der Waals surface area contributed by atoms with E-state index in [2.05, 4.69) is 0 Å². The van der Waals surface area contributed by atoms with E-state index in [9.17, 15) is 26.7 Å². The molecule has 0 aromatic heterocycles. The minimum absolute atomic E-state index is 0.143. The number of piperazine rings is 1. The van der Waals surface area contributed by atoms with Crippen molar-refractivity contribution in [3.05, 3.63) is 30.3 Å². The Labute approximate surface area is 142 Å². The molecule has 0 spiro atoms. The second-order valence-corrected chi connectivity index (χ2v) is 6.25. The Morgan fingerprint density at radius 1 is 0.960 bits per heavy atom. The molecule has 1 aliphatic heterocycles.